The van der Waals surface area contributed by atoms with E-state index >= 15 is 0 Å². The van der Waals surface area contributed by atoms with Crippen molar-refractivity contribution in [3.05, 3.63) is 0 Å². The van der Waals surface area contributed by atoms with Gasteiger partial charge in [0.25, 0.3) is 20.2 Å². The zero-order valence-electron chi connectivity index (χ0n) is 9.42. The summed E-state index contributed by atoms with van der Waals surface area (Å²) in [5.41, 5.74) is 0. The van der Waals surface area contributed by atoms with Gasteiger partial charge in [-0.3, -0.25) is 8.37 Å². The van der Waals surface area contributed by atoms with Crippen LogP contribution in [0.25, 0.3) is 0 Å². The van der Waals surface area contributed by atoms with Gasteiger partial charge in [0.1, 0.15) is 12.2 Å². The molecule has 94 valence electrons. The van der Waals surface area contributed by atoms with Crippen molar-refractivity contribution in [3.8, 4) is 11.8 Å². The summed E-state index contributed by atoms with van der Waals surface area (Å²) in [6, 6.07) is 0. The van der Waals surface area contributed by atoms with Gasteiger partial charge in [-0.15, -0.1) is 0 Å². The van der Waals surface area contributed by atoms with Gasteiger partial charge in [-0.25, -0.2) is 0 Å². The van der Waals surface area contributed by atoms with Crippen molar-refractivity contribution < 1.29 is 25.2 Å². The molecule has 0 saturated carbocycles. The second-order valence-electron chi connectivity index (χ2n) is 3.17. The van der Waals surface area contributed by atoms with Gasteiger partial charge in [0.05, 0.1) is 12.5 Å². The summed E-state index contributed by atoms with van der Waals surface area (Å²) < 4.78 is 51.8. The van der Waals surface area contributed by atoms with Crippen molar-refractivity contribution in [1.82, 2.24) is 0 Å². The van der Waals surface area contributed by atoms with E-state index < -0.39 is 32.4 Å². The fraction of sp³-hybridized carbons (Fsp3) is 0.750. The average molecular weight is 270 g/mol. The predicted octanol–water partition coefficient (Wildman–Crippen LogP) is -0.281. The number of rotatable bonds is 4. The quantitative estimate of drug-likeness (QED) is 0.516. The van der Waals surface area contributed by atoms with E-state index in [0.29, 0.717) is 0 Å². The molecular weight excluding hydrogens is 256 g/mol. The molecule has 0 heterocycles. The molecule has 0 N–H and O–H groups in total. The van der Waals surface area contributed by atoms with Crippen LogP contribution in [-0.2, 0) is 28.6 Å². The normalized spacial score (nSPS) is 16.0. The number of hydrogen-bond acceptors (Lipinski definition) is 6. The second kappa shape index (κ2) is 5.63. The fourth-order valence-electron chi connectivity index (χ4n) is 0.807. The Hall–Kier alpha value is -0.620. The van der Waals surface area contributed by atoms with E-state index in [9.17, 15) is 16.8 Å². The molecule has 0 bridgehead atoms. The number of hydrogen-bond donors (Lipinski definition) is 0. The average Bonchev–Trinajstić information content (AvgIpc) is 1.94. The van der Waals surface area contributed by atoms with E-state index in [2.05, 4.69) is 20.2 Å². The molecule has 0 radical (unpaired) electrons. The maximum Gasteiger partial charge on any atom is 0.265 e. The van der Waals surface area contributed by atoms with Crippen molar-refractivity contribution in [2.24, 2.45) is 0 Å². The molecule has 0 rings (SSSR count). The monoisotopic (exact) mass is 270 g/mol. The van der Waals surface area contributed by atoms with E-state index in [1.165, 1.54) is 13.8 Å². The maximum atomic E-state index is 10.7. The molecule has 2 unspecified atom stereocenters. The Morgan fingerprint density at radius 3 is 1.25 bits per heavy atom. The lowest BCUT2D eigenvalue weighted by molar-refractivity contribution is 0.276. The summed E-state index contributed by atoms with van der Waals surface area (Å²) in [6.07, 6.45) is 0.115. The standard InChI is InChI=1S/C8H14O6S2/c1-7(13-15(3,9)10)5-6-8(2)14-16(4,11)12/h7-8H,1-4H3. The Morgan fingerprint density at radius 2 is 1.06 bits per heavy atom. The topological polar surface area (TPSA) is 86.7 Å². The van der Waals surface area contributed by atoms with Gasteiger partial charge in [-0.1, -0.05) is 11.8 Å². The molecule has 0 aliphatic heterocycles. The summed E-state index contributed by atoms with van der Waals surface area (Å²) in [5, 5.41) is 0. The lowest BCUT2D eigenvalue weighted by atomic mass is 10.3. The van der Waals surface area contributed by atoms with E-state index in [1.807, 2.05) is 0 Å². The first-order valence-corrected chi connectivity index (χ1v) is 7.90. The summed E-state index contributed by atoms with van der Waals surface area (Å²) >= 11 is 0. The van der Waals surface area contributed by atoms with Crippen LogP contribution in [0.2, 0.25) is 0 Å². The molecule has 0 aliphatic rings. The molecule has 0 aromatic carbocycles. The highest BCUT2D eigenvalue weighted by atomic mass is 32.2. The highest BCUT2D eigenvalue weighted by Crippen LogP contribution is 1.98. The van der Waals surface area contributed by atoms with Crippen LogP contribution in [0, 0.1) is 11.8 Å². The Labute approximate surface area is 96.2 Å². The molecule has 0 spiro atoms. The molecule has 0 saturated heterocycles. The minimum Gasteiger partial charge on any atom is -0.254 e. The van der Waals surface area contributed by atoms with E-state index in [4.69, 9.17) is 0 Å². The second-order valence-corrected chi connectivity index (χ2v) is 6.38. The van der Waals surface area contributed by atoms with Crippen LogP contribution in [-0.4, -0.2) is 41.6 Å². The van der Waals surface area contributed by atoms with Crippen LogP contribution in [0.5, 0.6) is 0 Å². The molecular formula is C8H14O6S2. The first-order valence-electron chi connectivity index (χ1n) is 4.27. The molecule has 0 aromatic rings. The van der Waals surface area contributed by atoms with Crippen molar-refractivity contribution in [3.63, 3.8) is 0 Å². The third-order valence-corrected chi connectivity index (χ3v) is 2.40. The Morgan fingerprint density at radius 1 is 0.812 bits per heavy atom. The van der Waals surface area contributed by atoms with Crippen LogP contribution in [0.15, 0.2) is 0 Å². The van der Waals surface area contributed by atoms with Gasteiger partial charge in [-0.05, 0) is 13.8 Å². The molecule has 16 heavy (non-hydrogen) atoms. The minimum absolute atomic E-state index is 0.847. The summed E-state index contributed by atoms with van der Waals surface area (Å²) in [5.74, 6) is 4.84. The fourth-order valence-corrected chi connectivity index (χ4v) is 1.95. The van der Waals surface area contributed by atoms with Crippen molar-refractivity contribution in [1.29, 1.82) is 0 Å². The first-order chi connectivity index (χ1) is 6.99. The van der Waals surface area contributed by atoms with Gasteiger partial charge in [0.2, 0.25) is 0 Å². The lowest BCUT2D eigenvalue weighted by Crippen LogP contribution is -2.15. The Bertz CT molecular complexity index is 434. The van der Waals surface area contributed by atoms with E-state index in [0.717, 1.165) is 12.5 Å². The maximum absolute atomic E-state index is 10.7. The van der Waals surface area contributed by atoms with Crippen LogP contribution < -0.4 is 0 Å². The molecule has 6 nitrogen and oxygen atoms in total. The lowest BCUT2D eigenvalue weighted by Gasteiger charge is -2.05. The largest absolute Gasteiger partial charge is 0.265 e. The molecule has 8 heteroatoms. The molecule has 0 amide bonds. The minimum atomic E-state index is -3.57. The molecule has 2 atom stereocenters. The van der Waals surface area contributed by atoms with E-state index in [1.54, 1.807) is 0 Å². The zero-order valence-corrected chi connectivity index (χ0v) is 11.1. The first kappa shape index (κ1) is 15.4. The van der Waals surface area contributed by atoms with Gasteiger partial charge >= 0.3 is 0 Å². The van der Waals surface area contributed by atoms with Crippen LogP contribution in [0.3, 0.4) is 0 Å². The van der Waals surface area contributed by atoms with Crippen molar-refractivity contribution >= 4 is 20.2 Å². The van der Waals surface area contributed by atoms with Crippen LogP contribution in [0.1, 0.15) is 13.8 Å². The van der Waals surface area contributed by atoms with E-state index in [-0.39, 0.29) is 0 Å². The highest BCUT2D eigenvalue weighted by molar-refractivity contribution is 7.86. The smallest absolute Gasteiger partial charge is 0.254 e. The third-order valence-electron chi connectivity index (χ3n) is 1.13. The Balaban J connectivity index is 4.40. The summed E-state index contributed by atoms with van der Waals surface area (Å²) in [4.78, 5) is 0. The van der Waals surface area contributed by atoms with Gasteiger partial charge in [0.15, 0.2) is 0 Å². The predicted molar refractivity (Wildman–Crippen MR) is 58.6 cm³/mol. The van der Waals surface area contributed by atoms with Crippen LogP contribution >= 0.6 is 0 Å². The van der Waals surface area contributed by atoms with Gasteiger partial charge in [-0.2, -0.15) is 16.8 Å². The summed E-state index contributed by atoms with van der Waals surface area (Å²) in [6.45, 7) is 2.86. The van der Waals surface area contributed by atoms with Gasteiger partial charge in [0, 0.05) is 0 Å². The Kier molecular flexibility index (Phi) is 5.41. The highest BCUT2D eigenvalue weighted by Gasteiger charge is 2.09. The molecule has 0 aliphatic carbocycles. The SMILES string of the molecule is CC(C#CC(C)OS(C)(=O)=O)OS(C)(=O)=O. The van der Waals surface area contributed by atoms with Crippen molar-refractivity contribution in [2.75, 3.05) is 12.5 Å². The van der Waals surface area contributed by atoms with Crippen LogP contribution in [0.4, 0.5) is 0 Å². The molecule has 0 aromatic heterocycles. The summed E-state index contributed by atoms with van der Waals surface area (Å²) in [7, 11) is -7.14. The molecule has 0 fully saturated rings. The van der Waals surface area contributed by atoms with Crippen molar-refractivity contribution in [2.45, 2.75) is 26.1 Å². The zero-order chi connectivity index (χ0) is 13.0. The third kappa shape index (κ3) is 9.92. The van der Waals surface area contributed by atoms with Gasteiger partial charge < -0.3 is 0 Å².